The lowest BCUT2D eigenvalue weighted by Gasteiger charge is -2.14. The number of ether oxygens (including phenoxy) is 1. The molecular weight excluding hydrogens is 329 g/mol. The predicted octanol–water partition coefficient (Wildman–Crippen LogP) is 4.72. The number of methoxy groups -OCH3 is 1. The zero-order valence-electron chi connectivity index (χ0n) is 15.2. The van der Waals surface area contributed by atoms with Gasteiger partial charge in [-0.2, -0.15) is 0 Å². The van der Waals surface area contributed by atoms with Crippen molar-refractivity contribution in [3.8, 4) is 5.75 Å². The molecule has 3 aromatic rings. The van der Waals surface area contributed by atoms with Crippen molar-refractivity contribution in [2.24, 2.45) is 0 Å². The highest BCUT2D eigenvalue weighted by Crippen LogP contribution is 2.25. The first kappa shape index (κ1) is 17.9. The molecule has 3 rings (SSSR count). The number of carbonyl (C=O) groups excluding carboxylic acids is 1. The van der Waals surface area contributed by atoms with Crippen molar-refractivity contribution in [3.63, 3.8) is 0 Å². The maximum atomic E-state index is 13.3. The van der Waals surface area contributed by atoms with Crippen LogP contribution in [0.3, 0.4) is 0 Å². The zero-order chi connectivity index (χ0) is 18.7. The molecule has 1 N–H and O–H groups in total. The fourth-order valence-electron chi connectivity index (χ4n) is 2.95. The third kappa shape index (κ3) is 3.85. The maximum absolute atomic E-state index is 13.3. The first-order valence-corrected chi connectivity index (χ1v) is 8.58. The van der Waals surface area contributed by atoms with E-state index in [0.29, 0.717) is 12.1 Å². The molecule has 0 aromatic heterocycles. The number of carbonyl (C=O) groups is 1. The van der Waals surface area contributed by atoms with Gasteiger partial charge in [0.15, 0.2) is 0 Å². The van der Waals surface area contributed by atoms with Crippen LogP contribution >= 0.6 is 0 Å². The van der Waals surface area contributed by atoms with Crippen LogP contribution in [0.5, 0.6) is 5.75 Å². The van der Waals surface area contributed by atoms with Crippen LogP contribution < -0.4 is 10.1 Å². The summed E-state index contributed by atoms with van der Waals surface area (Å²) in [6.45, 7) is 3.98. The Morgan fingerprint density at radius 2 is 1.81 bits per heavy atom. The Labute approximate surface area is 152 Å². The first-order chi connectivity index (χ1) is 12.5. The van der Waals surface area contributed by atoms with E-state index >= 15 is 0 Å². The van der Waals surface area contributed by atoms with Gasteiger partial charge in [-0.05, 0) is 59.5 Å². The average Bonchev–Trinajstić information content (AvgIpc) is 2.67. The number of rotatable bonds is 5. The minimum Gasteiger partial charge on any atom is -0.497 e. The summed E-state index contributed by atoms with van der Waals surface area (Å²) in [5, 5.41) is 5.07. The van der Waals surface area contributed by atoms with E-state index < -0.39 is 0 Å². The van der Waals surface area contributed by atoms with E-state index in [4.69, 9.17) is 4.74 Å². The number of benzene rings is 3. The highest BCUT2D eigenvalue weighted by Gasteiger charge is 2.15. The first-order valence-electron chi connectivity index (χ1n) is 8.58. The molecule has 0 saturated carbocycles. The van der Waals surface area contributed by atoms with E-state index in [1.165, 1.54) is 6.07 Å². The summed E-state index contributed by atoms with van der Waals surface area (Å²) in [6.07, 6.45) is 0. The second-order valence-corrected chi connectivity index (χ2v) is 6.50. The molecule has 4 heteroatoms. The fourth-order valence-corrected chi connectivity index (χ4v) is 2.95. The number of hydrogen-bond acceptors (Lipinski definition) is 2. The molecule has 1 atom stereocenters. The Kier molecular flexibility index (Phi) is 5.21. The molecule has 0 saturated heterocycles. The lowest BCUT2D eigenvalue weighted by atomic mass is 9.97. The predicted molar refractivity (Wildman–Crippen MR) is 102 cm³/mol. The molecule has 0 radical (unpaired) electrons. The van der Waals surface area contributed by atoms with Gasteiger partial charge in [0.1, 0.15) is 11.6 Å². The lowest BCUT2D eigenvalue weighted by molar-refractivity contribution is -0.122. The monoisotopic (exact) mass is 351 g/mol. The maximum Gasteiger partial charge on any atom is 0.227 e. The van der Waals surface area contributed by atoms with Crippen molar-refractivity contribution in [2.75, 3.05) is 7.11 Å². The summed E-state index contributed by atoms with van der Waals surface area (Å²) < 4.78 is 18.6. The molecule has 0 aliphatic heterocycles. The van der Waals surface area contributed by atoms with E-state index in [1.54, 1.807) is 26.2 Å². The number of hydrogen-bond donors (Lipinski definition) is 1. The standard InChI is InChI=1S/C22H22FNO2/c1-14-10-16(4-9-21(14)23)13-24-22(25)15(2)17-5-6-19-12-20(26-3)8-7-18(19)11-17/h4-12,15H,13H2,1-3H3,(H,24,25)/t15-/m0/s1. The Hall–Kier alpha value is -2.88. The van der Waals surface area contributed by atoms with E-state index in [2.05, 4.69) is 5.32 Å². The van der Waals surface area contributed by atoms with E-state index in [-0.39, 0.29) is 17.6 Å². The van der Waals surface area contributed by atoms with E-state index in [9.17, 15) is 9.18 Å². The van der Waals surface area contributed by atoms with Gasteiger partial charge in [0.05, 0.1) is 13.0 Å². The molecule has 0 bridgehead atoms. The van der Waals surface area contributed by atoms with Crippen LogP contribution in [0, 0.1) is 12.7 Å². The van der Waals surface area contributed by atoms with Crippen molar-refractivity contribution < 1.29 is 13.9 Å². The smallest absolute Gasteiger partial charge is 0.227 e. The van der Waals surface area contributed by atoms with Crippen molar-refractivity contribution in [1.82, 2.24) is 5.32 Å². The second-order valence-electron chi connectivity index (χ2n) is 6.50. The molecule has 0 aliphatic carbocycles. The second kappa shape index (κ2) is 7.56. The van der Waals surface area contributed by atoms with E-state index in [0.717, 1.165) is 27.6 Å². The van der Waals surface area contributed by atoms with Crippen molar-refractivity contribution in [1.29, 1.82) is 0 Å². The summed E-state index contributed by atoms with van der Waals surface area (Å²) in [7, 11) is 1.64. The Morgan fingerprint density at radius 3 is 2.54 bits per heavy atom. The van der Waals surface area contributed by atoms with Crippen LogP contribution in [0.15, 0.2) is 54.6 Å². The van der Waals surface area contributed by atoms with Crippen LogP contribution in [-0.4, -0.2) is 13.0 Å². The van der Waals surface area contributed by atoms with Crippen LogP contribution in [-0.2, 0) is 11.3 Å². The molecule has 0 spiro atoms. The van der Waals surface area contributed by atoms with Gasteiger partial charge in [-0.25, -0.2) is 4.39 Å². The molecule has 26 heavy (non-hydrogen) atoms. The van der Waals surface area contributed by atoms with Gasteiger partial charge < -0.3 is 10.1 Å². The van der Waals surface area contributed by atoms with Crippen LogP contribution in [0.1, 0.15) is 29.5 Å². The third-order valence-electron chi connectivity index (χ3n) is 4.65. The van der Waals surface area contributed by atoms with E-state index in [1.807, 2.05) is 43.3 Å². The van der Waals surface area contributed by atoms with Crippen LogP contribution in [0.4, 0.5) is 4.39 Å². The lowest BCUT2D eigenvalue weighted by Crippen LogP contribution is -2.27. The SMILES string of the molecule is COc1ccc2cc([C@H](C)C(=O)NCc3ccc(F)c(C)c3)ccc2c1. The summed E-state index contributed by atoms with van der Waals surface area (Å²) >= 11 is 0. The van der Waals surface area contributed by atoms with Gasteiger partial charge in [-0.15, -0.1) is 0 Å². The minimum absolute atomic E-state index is 0.0557. The largest absolute Gasteiger partial charge is 0.497 e. The van der Waals surface area contributed by atoms with Gasteiger partial charge in [0.2, 0.25) is 5.91 Å². The highest BCUT2D eigenvalue weighted by molar-refractivity contribution is 5.88. The number of aryl methyl sites for hydroxylation is 1. The minimum atomic E-state index is -0.275. The summed E-state index contributed by atoms with van der Waals surface area (Å²) in [5.74, 6) is 0.245. The zero-order valence-corrected chi connectivity index (χ0v) is 15.2. The molecule has 1 amide bonds. The fraction of sp³-hybridized carbons (Fsp3) is 0.227. The van der Waals surface area contributed by atoms with Gasteiger partial charge >= 0.3 is 0 Å². The molecule has 0 unspecified atom stereocenters. The van der Waals surface area contributed by atoms with Crippen molar-refractivity contribution in [3.05, 3.63) is 77.1 Å². The number of amides is 1. The van der Waals surface area contributed by atoms with Gasteiger partial charge in [-0.3, -0.25) is 4.79 Å². The Morgan fingerprint density at radius 1 is 1.08 bits per heavy atom. The van der Waals surface area contributed by atoms with Crippen molar-refractivity contribution >= 4 is 16.7 Å². The molecule has 3 nitrogen and oxygen atoms in total. The number of halogens is 1. The van der Waals surface area contributed by atoms with Crippen LogP contribution in [0.2, 0.25) is 0 Å². The molecule has 3 aromatic carbocycles. The summed E-state index contributed by atoms with van der Waals surface area (Å²) in [5.41, 5.74) is 2.42. The Balaban J connectivity index is 1.71. The van der Waals surface area contributed by atoms with Gasteiger partial charge in [-0.1, -0.05) is 36.4 Å². The summed E-state index contributed by atoms with van der Waals surface area (Å²) in [6, 6.07) is 16.7. The summed E-state index contributed by atoms with van der Waals surface area (Å²) in [4.78, 5) is 12.5. The molecule has 0 heterocycles. The van der Waals surface area contributed by atoms with Gasteiger partial charge in [0.25, 0.3) is 0 Å². The highest BCUT2D eigenvalue weighted by atomic mass is 19.1. The quantitative estimate of drug-likeness (QED) is 0.722. The molecule has 0 fully saturated rings. The van der Waals surface area contributed by atoms with Crippen molar-refractivity contribution in [2.45, 2.75) is 26.3 Å². The third-order valence-corrected chi connectivity index (χ3v) is 4.65. The molecule has 0 aliphatic rings. The average molecular weight is 351 g/mol. The topological polar surface area (TPSA) is 38.3 Å². The molecule has 134 valence electrons. The number of fused-ring (bicyclic) bond motifs is 1. The van der Waals surface area contributed by atoms with Gasteiger partial charge in [0, 0.05) is 6.54 Å². The Bertz CT molecular complexity index is 952. The normalized spacial score (nSPS) is 12.0. The molecular formula is C22H22FNO2. The van der Waals surface area contributed by atoms with Crippen LogP contribution in [0.25, 0.3) is 10.8 Å². The number of nitrogens with one attached hydrogen (secondary N) is 1.